The molecule has 2 aromatic carbocycles. The molecule has 3 aromatic rings. The van der Waals surface area contributed by atoms with Crippen LogP contribution in [0.2, 0.25) is 0 Å². The number of fused-ring (bicyclic) bond motifs is 2. The van der Waals surface area contributed by atoms with Crippen molar-refractivity contribution in [3.63, 3.8) is 0 Å². The molecule has 8 heteroatoms. The number of aryl methyl sites for hydroxylation is 1. The largest absolute Gasteiger partial charge is 0.444 e. The highest BCUT2D eigenvalue weighted by Crippen LogP contribution is 2.33. The number of halogens is 1. The number of thiophene rings is 1. The predicted octanol–water partition coefficient (Wildman–Crippen LogP) is 10.1. The van der Waals surface area contributed by atoms with E-state index in [0.717, 1.165) is 85.4 Å². The Labute approximate surface area is 298 Å². The second-order valence-electron chi connectivity index (χ2n) is 14.1. The number of rotatable bonds is 21. The molecule has 1 saturated heterocycles. The lowest BCUT2D eigenvalue weighted by Gasteiger charge is -2.36. The molecular formula is C41H58FN3O3S. The van der Waals surface area contributed by atoms with Gasteiger partial charge in [0.2, 0.25) is 5.91 Å². The lowest BCUT2D eigenvalue weighted by Crippen LogP contribution is -2.47. The van der Waals surface area contributed by atoms with Crippen molar-refractivity contribution >= 4 is 44.7 Å². The highest BCUT2D eigenvalue weighted by molar-refractivity contribution is 7.17. The molecule has 1 fully saturated rings. The number of unbranched alkanes of at least 4 members (excludes halogenated alkanes) is 13. The molecule has 0 radical (unpaired) electrons. The van der Waals surface area contributed by atoms with Gasteiger partial charge >= 0.3 is 5.97 Å². The van der Waals surface area contributed by atoms with Crippen molar-refractivity contribution in [1.29, 1.82) is 0 Å². The molecule has 0 aliphatic carbocycles. The van der Waals surface area contributed by atoms with Crippen LogP contribution in [-0.4, -0.2) is 56.2 Å². The number of esters is 1. The van der Waals surface area contributed by atoms with Gasteiger partial charge in [-0.25, -0.2) is 4.39 Å². The molecule has 0 atom stereocenters. The Kier molecular flexibility index (Phi) is 15.2. The number of carbonyl (C=O) groups excluding carboxylic acids is 2. The lowest BCUT2D eigenvalue weighted by atomic mass is 9.98. The van der Waals surface area contributed by atoms with Crippen molar-refractivity contribution in [3.8, 4) is 0 Å². The van der Waals surface area contributed by atoms with Gasteiger partial charge in [0.1, 0.15) is 5.82 Å². The summed E-state index contributed by atoms with van der Waals surface area (Å²) in [4.78, 5) is 31.9. The van der Waals surface area contributed by atoms with Crippen molar-refractivity contribution in [2.24, 2.45) is 0 Å². The Morgan fingerprint density at radius 1 is 0.796 bits per heavy atom. The molecule has 2 aliphatic heterocycles. The summed E-state index contributed by atoms with van der Waals surface area (Å²) in [6.45, 7) is 6.76. The third-order valence-corrected chi connectivity index (χ3v) is 11.2. The Hall–Kier alpha value is -2.97. The zero-order chi connectivity index (χ0) is 34.3. The van der Waals surface area contributed by atoms with E-state index < -0.39 is 0 Å². The molecule has 1 amide bonds. The second-order valence-corrected chi connectivity index (χ2v) is 15.1. The molecule has 268 valence electrons. The number of hydrogen-bond acceptors (Lipinski definition) is 6. The van der Waals surface area contributed by atoms with Crippen molar-refractivity contribution in [1.82, 2.24) is 4.90 Å². The van der Waals surface area contributed by atoms with Crippen molar-refractivity contribution in [3.05, 3.63) is 58.7 Å². The van der Waals surface area contributed by atoms with Crippen molar-refractivity contribution in [2.75, 3.05) is 49.3 Å². The number of amides is 1. The lowest BCUT2D eigenvalue weighted by molar-refractivity contribution is -0.144. The Morgan fingerprint density at radius 2 is 1.47 bits per heavy atom. The number of ether oxygens (including phenoxy) is 1. The number of nitrogens with zero attached hydrogens (tertiary/aromatic N) is 3. The van der Waals surface area contributed by atoms with E-state index in [9.17, 15) is 14.0 Å². The smallest absolute Gasteiger partial charge is 0.307 e. The van der Waals surface area contributed by atoms with Gasteiger partial charge < -0.3 is 9.64 Å². The summed E-state index contributed by atoms with van der Waals surface area (Å²) < 4.78 is 20.9. The minimum atomic E-state index is -0.216. The number of hydrogen-bond donors (Lipinski definition) is 0. The van der Waals surface area contributed by atoms with Crippen LogP contribution in [0.3, 0.4) is 0 Å². The summed E-state index contributed by atoms with van der Waals surface area (Å²) in [5.41, 5.74) is 4.19. The summed E-state index contributed by atoms with van der Waals surface area (Å²) in [5.74, 6) is -0.374. The SMILES string of the molecule is CCCCCCCCCCCCCCCCC(=O)OCN1C(=O)CCc2ccc(CCN3CCN(c4cc(F)cc5sccc45)CC3)cc21. The van der Waals surface area contributed by atoms with E-state index in [1.807, 2.05) is 5.38 Å². The van der Waals surface area contributed by atoms with Crippen LogP contribution in [0, 0.1) is 5.82 Å². The molecular weight excluding hydrogens is 634 g/mol. The molecule has 49 heavy (non-hydrogen) atoms. The molecule has 0 spiro atoms. The van der Waals surface area contributed by atoms with Crippen LogP contribution in [0.15, 0.2) is 41.8 Å². The van der Waals surface area contributed by atoms with Gasteiger partial charge in [-0.1, -0.05) is 103 Å². The maximum atomic E-state index is 14.3. The zero-order valence-electron chi connectivity index (χ0n) is 29.9. The van der Waals surface area contributed by atoms with Gasteiger partial charge in [0.05, 0.1) is 5.69 Å². The Morgan fingerprint density at radius 3 is 2.16 bits per heavy atom. The van der Waals surface area contributed by atoms with E-state index in [2.05, 4.69) is 41.0 Å². The summed E-state index contributed by atoms with van der Waals surface area (Å²) in [6, 6.07) is 11.8. The average molecular weight is 692 g/mol. The highest BCUT2D eigenvalue weighted by Gasteiger charge is 2.26. The van der Waals surface area contributed by atoms with Crippen molar-refractivity contribution < 1.29 is 18.7 Å². The third kappa shape index (κ3) is 11.5. The average Bonchev–Trinajstić information content (AvgIpc) is 3.59. The fourth-order valence-electron chi connectivity index (χ4n) is 7.33. The quantitative estimate of drug-likeness (QED) is 0.0822. The molecule has 6 nitrogen and oxygen atoms in total. The van der Waals surface area contributed by atoms with Gasteiger partial charge in [-0.2, -0.15) is 0 Å². The van der Waals surface area contributed by atoms with Crippen LogP contribution >= 0.6 is 11.3 Å². The molecule has 0 bridgehead atoms. The van der Waals surface area contributed by atoms with Crippen LogP contribution in [0.5, 0.6) is 0 Å². The molecule has 0 saturated carbocycles. The van der Waals surface area contributed by atoms with Crippen LogP contribution in [-0.2, 0) is 27.2 Å². The number of carbonyl (C=O) groups is 2. The molecule has 1 aromatic heterocycles. The molecule has 0 unspecified atom stereocenters. The Balaban J connectivity index is 0.974. The van der Waals surface area contributed by atoms with Gasteiger partial charge in [-0.3, -0.25) is 19.4 Å². The third-order valence-electron chi connectivity index (χ3n) is 10.4. The Bertz CT molecular complexity index is 1470. The van der Waals surface area contributed by atoms with Gasteiger partial charge in [0, 0.05) is 61.3 Å². The van der Waals surface area contributed by atoms with Gasteiger partial charge in [0.15, 0.2) is 6.73 Å². The second kappa shape index (κ2) is 20.0. The fraction of sp³-hybridized carbons (Fsp3) is 0.610. The van der Waals surface area contributed by atoms with Gasteiger partial charge in [-0.15, -0.1) is 11.3 Å². The highest BCUT2D eigenvalue weighted by atomic mass is 32.1. The predicted molar refractivity (Wildman–Crippen MR) is 202 cm³/mol. The minimum Gasteiger partial charge on any atom is -0.444 e. The van der Waals surface area contributed by atoms with Crippen LogP contribution in [0.25, 0.3) is 10.1 Å². The van der Waals surface area contributed by atoms with Crippen LogP contribution < -0.4 is 9.80 Å². The fourth-order valence-corrected chi connectivity index (χ4v) is 8.16. The van der Waals surface area contributed by atoms with Crippen molar-refractivity contribution in [2.45, 2.75) is 122 Å². The first-order chi connectivity index (χ1) is 24.0. The maximum Gasteiger partial charge on any atom is 0.307 e. The molecule has 2 aliphatic rings. The molecule has 5 rings (SSSR count). The summed E-state index contributed by atoms with van der Waals surface area (Å²) in [7, 11) is 0. The van der Waals surface area contributed by atoms with E-state index in [-0.39, 0.29) is 24.4 Å². The summed E-state index contributed by atoms with van der Waals surface area (Å²) in [6.07, 6.45) is 20.4. The normalized spacial score (nSPS) is 15.3. The molecule has 3 heterocycles. The summed E-state index contributed by atoms with van der Waals surface area (Å²) >= 11 is 1.58. The maximum absolute atomic E-state index is 14.3. The van der Waals surface area contributed by atoms with E-state index in [0.29, 0.717) is 12.8 Å². The van der Waals surface area contributed by atoms with E-state index in [1.165, 1.54) is 82.6 Å². The van der Waals surface area contributed by atoms with Crippen LogP contribution in [0.1, 0.15) is 121 Å². The minimum absolute atomic E-state index is 0.00778. The van der Waals surface area contributed by atoms with Gasteiger partial charge in [-0.05, 0) is 60.0 Å². The van der Waals surface area contributed by atoms with Gasteiger partial charge in [0.25, 0.3) is 0 Å². The number of anilines is 2. The monoisotopic (exact) mass is 691 g/mol. The molecule has 0 N–H and O–H groups in total. The number of piperazine rings is 1. The number of benzene rings is 2. The topological polar surface area (TPSA) is 53.1 Å². The first-order valence-corrected chi connectivity index (χ1v) is 20.1. The van der Waals surface area contributed by atoms with E-state index >= 15 is 0 Å². The van der Waals surface area contributed by atoms with E-state index in [4.69, 9.17) is 4.74 Å². The first-order valence-electron chi connectivity index (χ1n) is 19.2. The van der Waals surface area contributed by atoms with Crippen LogP contribution in [0.4, 0.5) is 15.8 Å². The zero-order valence-corrected chi connectivity index (χ0v) is 30.7. The first kappa shape index (κ1) is 37.3. The standard InChI is InChI=1S/C41H58FN3O3S/c1-2-3-4-5-6-7-8-9-10-11-12-13-14-15-16-41(47)48-32-45-37-29-33(17-18-34(37)19-20-40(45)46)21-23-43-24-26-44(27-25-43)38-30-35(42)31-39-36(38)22-28-49-39/h17-18,22,28-31H,2-16,19-21,23-27,32H2,1H3. The summed E-state index contributed by atoms with van der Waals surface area (Å²) in [5, 5.41) is 3.16. The van der Waals surface area contributed by atoms with E-state index in [1.54, 1.807) is 28.4 Å².